The van der Waals surface area contributed by atoms with E-state index in [1.165, 1.54) is 4.90 Å². The fourth-order valence-corrected chi connectivity index (χ4v) is 2.84. The van der Waals surface area contributed by atoms with Crippen LogP contribution in [0.15, 0.2) is 18.2 Å². The lowest BCUT2D eigenvalue weighted by atomic mass is 10.0. The molecule has 3 amide bonds. The molecule has 1 aromatic carbocycles. The van der Waals surface area contributed by atoms with Gasteiger partial charge in [0.05, 0.1) is 0 Å². The SMILES string of the molecule is Cl.Cl.NCc1cccc2c1CN(C1CCC(=O)NC1=O)C2=O. The van der Waals surface area contributed by atoms with E-state index in [1.807, 2.05) is 6.07 Å². The topological polar surface area (TPSA) is 92.5 Å². The summed E-state index contributed by atoms with van der Waals surface area (Å²) in [6.45, 7) is 0.744. The first kappa shape index (κ1) is 18.4. The van der Waals surface area contributed by atoms with Crippen molar-refractivity contribution in [3.63, 3.8) is 0 Å². The third-order valence-corrected chi connectivity index (χ3v) is 3.90. The van der Waals surface area contributed by atoms with Gasteiger partial charge in [0.1, 0.15) is 6.04 Å². The molecule has 3 N–H and O–H groups in total. The first-order valence-electron chi connectivity index (χ1n) is 6.57. The van der Waals surface area contributed by atoms with Crippen LogP contribution in [0, 0.1) is 0 Å². The predicted octanol–water partition coefficient (Wildman–Crippen LogP) is 0.750. The second-order valence-corrected chi connectivity index (χ2v) is 5.05. The Morgan fingerprint density at radius 2 is 1.95 bits per heavy atom. The highest BCUT2D eigenvalue weighted by atomic mass is 35.5. The van der Waals surface area contributed by atoms with Crippen molar-refractivity contribution in [1.82, 2.24) is 10.2 Å². The summed E-state index contributed by atoms with van der Waals surface area (Å²) in [5.74, 6) is -0.834. The fourth-order valence-electron chi connectivity index (χ4n) is 2.84. The molecule has 0 saturated carbocycles. The van der Waals surface area contributed by atoms with Gasteiger partial charge in [-0.15, -0.1) is 24.8 Å². The Morgan fingerprint density at radius 3 is 2.59 bits per heavy atom. The molecule has 0 aromatic heterocycles. The van der Waals surface area contributed by atoms with Crippen LogP contribution in [0.2, 0.25) is 0 Å². The predicted molar refractivity (Wildman–Crippen MR) is 84.9 cm³/mol. The lowest BCUT2D eigenvalue weighted by Crippen LogP contribution is -2.52. The molecule has 22 heavy (non-hydrogen) atoms. The molecule has 6 nitrogen and oxygen atoms in total. The maximum Gasteiger partial charge on any atom is 0.255 e. The molecule has 0 radical (unpaired) electrons. The second-order valence-electron chi connectivity index (χ2n) is 5.05. The number of hydrogen-bond acceptors (Lipinski definition) is 4. The number of nitrogens with zero attached hydrogens (tertiary/aromatic N) is 1. The van der Waals surface area contributed by atoms with E-state index in [4.69, 9.17) is 5.73 Å². The minimum absolute atomic E-state index is 0. The largest absolute Gasteiger partial charge is 0.326 e. The summed E-state index contributed by atoms with van der Waals surface area (Å²) >= 11 is 0. The van der Waals surface area contributed by atoms with Crippen molar-refractivity contribution >= 4 is 42.5 Å². The van der Waals surface area contributed by atoms with Gasteiger partial charge in [0.15, 0.2) is 0 Å². The molecule has 0 aliphatic carbocycles. The molecule has 2 aliphatic rings. The summed E-state index contributed by atoms with van der Waals surface area (Å²) in [5, 5.41) is 2.29. The van der Waals surface area contributed by atoms with Crippen LogP contribution in [0.25, 0.3) is 0 Å². The number of carbonyl (C=O) groups excluding carboxylic acids is 3. The van der Waals surface area contributed by atoms with Crippen molar-refractivity contribution in [1.29, 1.82) is 0 Å². The van der Waals surface area contributed by atoms with E-state index in [0.717, 1.165) is 11.1 Å². The number of halogens is 2. The van der Waals surface area contributed by atoms with E-state index in [2.05, 4.69) is 5.32 Å². The number of fused-ring (bicyclic) bond motifs is 1. The maximum absolute atomic E-state index is 12.4. The number of hydrogen-bond donors (Lipinski definition) is 2. The van der Waals surface area contributed by atoms with E-state index < -0.39 is 11.9 Å². The number of carbonyl (C=O) groups is 3. The highest BCUT2D eigenvalue weighted by Gasteiger charge is 2.39. The fraction of sp³-hybridized carbons (Fsp3) is 0.357. The Morgan fingerprint density at radius 1 is 1.23 bits per heavy atom. The molecule has 8 heteroatoms. The van der Waals surface area contributed by atoms with Crippen LogP contribution in [0.3, 0.4) is 0 Å². The van der Waals surface area contributed by atoms with E-state index in [0.29, 0.717) is 25.1 Å². The van der Waals surface area contributed by atoms with Crippen molar-refractivity contribution in [2.45, 2.75) is 32.0 Å². The number of imide groups is 1. The summed E-state index contributed by atoms with van der Waals surface area (Å²) < 4.78 is 0. The van der Waals surface area contributed by atoms with Crippen LogP contribution in [-0.4, -0.2) is 28.7 Å². The van der Waals surface area contributed by atoms with Gasteiger partial charge in [0.2, 0.25) is 11.8 Å². The number of nitrogens with two attached hydrogens (primary N) is 1. The summed E-state index contributed by atoms with van der Waals surface area (Å²) in [7, 11) is 0. The van der Waals surface area contributed by atoms with Gasteiger partial charge < -0.3 is 10.6 Å². The van der Waals surface area contributed by atoms with Gasteiger partial charge in [-0.05, 0) is 23.6 Å². The van der Waals surface area contributed by atoms with Crippen molar-refractivity contribution in [2.24, 2.45) is 5.73 Å². The minimum Gasteiger partial charge on any atom is -0.326 e. The van der Waals surface area contributed by atoms with E-state index >= 15 is 0 Å². The van der Waals surface area contributed by atoms with Gasteiger partial charge in [0, 0.05) is 25.1 Å². The zero-order valence-electron chi connectivity index (χ0n) is 11.7. The number of benzene rings is 1. The first-order valence-corrected chi connectivity index (χ1v) is 6.57. The second kappa shape index (κ2) is 7.09. The van der Waals surface area contributed by atoms with Gasteiger partial charge >= 0.3 is 0 Å². The average Bonchev–Trinajstić information content (AvgIpc) is 2.76. The molecule has 1 atom stereocenters. The Hall–Kier alpha value is -1.63. The van der Waals surface area contributed by atoms with E-state index in [1.54, 1.807) is 12.1 Å². The van der Waals surface area contributed by atoms with Crippen molar-refractivity contribution in [3.8, 4) is 0 Å². The third kappa shape index (κ3) is 2.95. The minimum atomic E-state index is -0.571. The Balaban J connectivity index is 0.00000121. The zero-order valence-corrected chi connectivity index (χ0v) is 13.3. The third-order valence-electron chi connectivity index (χ3n) is 3.90. The summed E-state index contributed by atoms with van der Waals surface area (Å²) in [6, 6.07) is 4.87. The molecule has 1 unspecified atom stereocenters. The highest BCUT2D eigenvalue weighted by molar-refractivity contribution is 6.05. The number of amides is 3. The molecule has 3 rings (SSSR count). The smallest absolute Gasteiger partial charge is 0.255 e. The van der Waals surface area contributed by atoms with Crippen LogP contribution in [0.1, 0.15) is 34.3 Å². The lowest BCUT2D eigenvalue weighted by molar-refractivity contribution is -0.136. The lowest BCUT2D eigenvalue weighted by Gasteiger charge is -2.29. The van der Waals surface area contributed by atoms with Gasteiger partial charge in [-0.2, -0.15) is 0 Å². The van der Waals surface area contributed by atoms with Crippen molar-refractivity contribution < 1.29 is 14.4 Å². The van der Waals surface area contributed by atoms with Crippen LogP contribution in [0.5, 0.6) is 0 Å². The standard InChI is InChI=1S/C14H15N3O3.2ClH/c15-6-8-2-1-3-9-10(8)7-17(14(9)20)11-4-5-12(18)16-13(11)19;;/h1-3,11H,4-7,15H2,(H,16,18,19);2*1H. The summed E-state index contributed by atoms with van der Waals surface area (Å²) in [6.07, 6.45) is 0.641. The number of piperidine rings is 1. The summed E-state index contributed by atoms with van der Waals surface area (Å²) in [4.78, 5) is 37.0. The van der Waals surface area contributed by atoms with Crippen LogP contribution >= 0.6 is 24.8 Å². The van der Waals surface area contributed by atoms with E-state index in [9.17, 15) is 14.4 Å². The van der Waals surface area contributed by atoms with Gasteiger partial charge in [0.25, 0.3) is 5.91 Å². The van der Waals surface area contributed by atoms with Gasteiger partial charge in [-0.25, -0.2) is 0 Å². The molecular formula is C14H17Cl2N3O3. The molecule has 0 bridgehead atoms. The van der Waals surface area contributed by atoms with Gasteiger partial charge in [-0.1, -0.05) is 12.1 Å². The number of rotatable bonds is 2. The molecule has 2 heterocycles. The Kier molecular flexibility index (Phi) is 5.93. The van der Waals surface area contributed by atoms with E-state index in [-0.39, 0.29) is 43.0 Å². The number of nitrogens with one attached hydrogen (secondary N) is 1. The van der Waals surface area contributed by atoms with Crippen molar-refractivity contribution in [2.75, 3.05) is 0 Å². The molecule has 1 aromatic rings. The molecule has 2 aliphatic heterocycles. The first-order chi connectivity index (χ1) is 9.61. The monoisotopic (exact) mass is 345 g/mol. The normalized spacial score (nSPS) is 20.0. The van der Waals surface area contributed by atoms with Crippen LogP contribution < -0.4 is 11.1 Å². The molecule has 120 valence electrons. The Labute approximate surface area is 140 Å². The Bertz CT molecular complexity index is 621. The summed E-state index contributed by atoms with van der Waals surface area (Å²) in [5.41, 5.74) is 8.11. The molecular weight excluding hydrogens is 329 g/mol. The maximum atomic E-state index is 12.4. The molecule has 1 fully saturated rings. The quantitative estimate of drug-likeness (QED) is 0.773. The average molecular weight is 346 g/mol. The van der Waals surface area contributed by atoms with Crippen molar-refractivity contribution in [3.05, 3.63) is 34.9 Å². The van der Waals surface area contributed by atoms with Gasteiger partial charge in [-0.3, -0.25) is 19.7 Å². The van der Waals surface area contributed by atoms with Crippen LogP contribution in [0.4, 0.5) is 0 Å². The zero-order chi connectivity index (χ0) is 14.3. The van der Waals surface area contributed by atoms with Crippen LogP contribution in [-0.2, 0) is 22.7 Å². The molecule has 0 spiro atoms. The highest BCUT2D eigenvalue weighted by Crippen LogP contribution is 2.29. The molecule has 1 saturated heterocycles.